The fourth-order valence-corrected chi connectivity index (χ4v) is 2.87. The van der Waals surface area contributed by atoms with Crippen LogP contribution >= 0.6 is 15.9 Å². The topological polar surface area (TPSA) is 37.4 Å². The number of nitrogens with zero attached hydrogens (tertiary/aromatic N) is 1. The Bertz CT molecular complexity index is 745. The van der Waals surface area contributed by atoms with E-state index in [1.54, 1.807) is 30.3 Å². The molecule has 1 heterocycles. The summed E-state index contributed by atoms with van der Waals surface area (Å²) in [5, 5.41) is 0. The summed E-state index contributed by atoms with van der Waals surface area (Å²) in [6, 6.07) is 11.3. The number of para-hydroxylation sites is 1. The van der Waals surface area contributed by atoms with E-state index in [0.29, 0.717) is 17.8 Å². The quantitative estimate of drug-likeness (QED) is 0.786. The van der Waals surface area contributed by atoms with E-state index in [-0.39, 0.29) is 28.1 Å². The molecule has 0 saturated carbocycles. The van der Waals surface area contributed by atoms with Crippen molar-refractivity contribution < 1.29 is 14.0 Å². The molecule has 0 N–H and O–H groups in total. The van der Waals surface area contributed by atoms with Crippen LogP contribution in [0.25, 0.3) is 0 Å². The number of anilines is 1. The zero-order valence-electron chi connectivity index (χ0n) is 11.0. The lowest BCUT2D eigenvalue weighted by atomic mass is 9.99. The first-order chi connectivity index (χ1) is 10.1. The average molecular weight is 348 g/mol. The maximum Gasteiger partial charge on any atom is 0.259 e. The zero-order chi connectivity index (χ0) is 15.0. The van der Waals surface area contributed by atoms with Crippen LogP contribution in [0.2, 0.25) is 0 Å². The molecule has 0 fully saturated rings. The van der Waals surface area contributed by atoms with E-state index in [9.17, 15) is 14.0 Å². The number of fused-ring (bicyclic) bond motifs is 1. The Hall–Kier alpha value is -2.01. The maximum absolute atomic E-state index is 13.6. The standard InChI is InChI=1S/C16H11BrFNO2/c17-15-11(5-3-6-12(15)18)16(21)19-9-8-14(20)10-4-1-2-7-13(10)19/h1-7H,8-9H2. The van der Waals surface area contributed by atoms with Crippen molar-refractivity contribution in [3.63, 3.8) is 0 Å². The highest BCUT2D eigenvalue weighted by atomic mass is 79.9. The highest BCUT2D eigenvalue weighted by Gasteiger charge is 2.28. The molecule has 1 aliphatic rings. The molecule has 5 heteroatoms. The van der Waals surface area contributed by atoms with Gasteiger partial charge in [0.2, 0.25) is 0 Å². The van der Waals surface area contributed by atoms with Crippen LogP contribution in [-0.4, -0.2) is 18.2 Å². The van der Waals surface area contributed by atoms with Gasteiger partial charge in [0.05, 0.1) is 15.7 Å². The SMILES string of the molecule is O=C1CCN(C(=O)c2cccc(F)c2Br)c2ccccc21. The van der Waals surface area contributed by atoms with E-state index >= 15 is 0 Å². The molecule has 3 rings (SSSR count). The van der Waals surface area contributed by atoms with Crippen molar-refractivity contribution in [3.8, 4) is 0 Å². The second kappa shape index (κ2) is 5.41. The minimum Gasteiger partial charge on any atom is -0.307 e. The monoisotopic (exact) mass is 347 g/mol. The van der Waals surface area contributed by atoms with Crippen molar-refractivity contribution in [1.29, 1.82) is 0 Å². The number of halogens is 2. The van der Waals surface area contributed by atoms with E-state index in [4.69, 9.17) is 0 Å². The summed E-state index contributed by atoms with van der Waals surface area (Å²) < 4.78 is 13.7. The molecule has 21 heavy (non-hydrogen) atoms. The highest BCUT2D eigenvalue weighted by molar-refractivity contribution is 9.10. The van der Waals surface area contributed by atoms with Crippen molar-refractivity contribution in [2.45, 2.75) is 6.42 Å². The molecule has 1 aliphatic heterocycles. The number of amides is 1. The Morgan fingerprint density at radius 3 is 2.71 bits per heavy atom. The molecule has 0 aliphatic carbocycles. The van der Waals surface area contributed by atoms with Gasteiger partial charge in [-0.1, -0.05) is 18.2 Å². The largest absolute Gasteiger partial charge is 0.307 e. The second-order valence-corrected chi connectivity index (χ2v) is 5.54. The normalized spacial score (nSPS) is 14.0. The molecule has 0 atom stereocenters. The lowest BCUT2D eigenvalue weighted by Crippen LogP contribution is -2.37. The first-order valence-corrected chi connectivity index (χ1v) is 7.27. The van der Waals surface area contributed by atoms with Crippen molar-refractivity contribution in [2.75, 3.05) is 11.4 Å². The minimum atomic E-state index is -0.484. The Morgan fingerprint density at radius 1 is 1.14 bits per heavy atom. The summed E-state index contributed by atoms with van der Waals surface area (Å²) >= 11 is 3.11. The second-order valence-electron chi connectivity index (χ2n) is 4.75. The van der Waals surface area contributed by atoms with E-state index in [2.05, 4.69) is 15.9 Å². The van der Waals surface area contributed by atoms with Gasteiger partial charge >= 0.3 is 0 Å². The van der Waals surface area contributed by atoms with Gasteiger partial charge in [0, 0.05) is 18.5 Å². The van der Waals surface area contributed by atoms with Gasteiger partial charge in [-0.15, -0.1) is 0 Å². The van der Waals surface area contributed by atoms with Crippen LogP contribution in [0.1, 0.15) is 27.1 Å². The van der Waals surface area contributed by atoms with Crippen molar-refractivity contribution >= 4 is 33.3 Å². The van der Waals surface area contributed by atoms with Crippen LogP contribution in [-0.2, 0) is 0 Å². The third-order valence-electron chi connectivity index (χ3n) is 3.48. The third-order valence-corrected chi connectivity index (χ3v) is 4.29. The molecular formula is C16H11BrFNO2. The average Bonchev–Trinajstić information content (AvgIpc) is 2.50. The summed E-state index contributed by atoms with van der Waals surface area (Å²) in [5.74, 6) is -0.781. The number of benzene rings is 2. The van der Waals surface area contributed by atoms with Crippen LogP contribution in [0.15, 0.2) is 46.9 Å². The summed E-state index contributed by atoms with van der Waals surface area (Å²) in [6.07, 6.45) is 0.274. The van der Waals surface area contributed by atoms with E-state index in [0.717, 1.165) is 0 Å². The third kappa shape index (κ3) is 2.38. The molecule has 1 amide bonds. The number of ketones is 1. The Morgan fingerprint density at radius 2 is 1.90 bits per heavy atom. The number of hydrogen-bond acceptors (Lipinski definition) is 2. The summed E-state index contributed by atoms with van der Waals surface area (Å²) in [7, 11) is 0. The molecule has 106 valence electrons. The number of rotatable bonds is 1. The number of Topliss-reactive ketones (excluding diaryl/α,β-unsaturated/α-hetero) is 1. The summed E-state index contributed by atoms with van der Waals surface area (Å²) in [4.78, 5) is 26.1. The molecule has 2 aromatic carbocycles. The molecule has 0 aromatic heterocycles. The van der Waals surface area contributed by atoms with Crippen molar-refractivity contribution in [2.24, 2.45) is 0 Å². The molecular weight excluding hydrogens is 337 g/mol. The number of carbonyl (C=O) groups is 2. The molecule has 2 aromatic rings. The van der Waals surface area contributed by atoms with Gasteiger partial charge in [0.25, 0.3) is 5.91 Å². The zero-order valence-corrected chi connectivity index (χ0v) is 12.6. The Labute approximate surface area is 129 Å². The van der Waals surface area contributed by atoms with Gasteiger partial charge in [-0.3, -0.25) is 9.59 Å². The van der Waals surface area contributed by atoms with E-state index < -0.39 is 5.82 Å². The van der Waals surface area contributed by atoms with Gasteiger partial charge in [-0.2, -0.15) is 0 Å². The molecule has 3 nitrogen and oxygen atoms in total. The molecule has 0 unspecified atom stereocenters. The van der Waals surface area contributed by atoms with Crippen molar-refractivity contribution in [1.82, 2.24) is 0 Å². The predicted molar refractivity (Wildman–Crippen MR) is 81.2 cm³/mol. The van der Waals surface area contributed by atoms with E-state index in [1.165, 1.54) is 17.0 Å². The lowest BCUT2D eigenvalue weighted by molar-refractivity contribution is 0.0954. The number of carbonyl (C=O) groups excluding carboxylic acids is 2. The number of hydrogen-bond donors (Lipinski definition) is 0. The van der Waals surface area contributed by atoms with Crippen LogP contribution in [0, 0.1) is 5.82 Å². The molecule has 0 saturated heterocycles. The Balaban J connectivity index is 2.05. The molecule has 0 radical (unpaired) electrons. The predicted octanol–water partition coefficient (Wildman–Crippen LogP) is 3.82. The van der Waals surface area contributed by atoms with Crippen LogP contribution in [0.4, 0.5) is 10.1 Å². The van der Waals surface area contributed by atoms with Gasteiger partial charge < -0.3 is 4.90 Å². The maximum atomic E-state index is 13.6. The fourth-order valence-electron chi connectivity index (χ4n) is 2.44. The van der Waals surface area contributed by atoms with Crippen LogP contribution < -0.4 is 4.90 Å². The minimum absolute atomic E-state index is 0.0213. The van der Waals surface area contributed by atoms with Gasteiger partial charge in [-0.25, -0.2) is 4.39 Å². The van der Waals surface area contributed by atoms with Gasteiger partial charge in [0.15, 0.2) is 5.78 Å². The fraction of sp³-hybridized carbons (Fsp3) is 0.125. The van der Waals surface area contributed by atoms with Gasteiger partial charge in [-0.05, 0) is 40.2 Å². The first kappa shape index (κ1) is 13.9. The van der Waals surface area contributed by atoms with Crippen LogP contribution in [0.5, 0.6) is 0 Å². The molecule has 0 bridgehead atoms. The van der Waals surface area contributed by atoms with E-state index in [1.807, 2.05) is 0 Å². The first-order valence-electron chi connectivity index (χ1n) is 6.47. The Kier molecular flexibility index (Phi) is 3.59. The van der Waals surface area contributed by atoms with Crippen molar-refractivity contribution in [3.05, 3.63) is 63.9 Å². The smallest absolute Gasteiger partial charge is 0.259 e. The molecule has 0 spiro atoms. The van der Waals surface area contributed by atoms with Crippen LogP contribution in [0.3, 0.4) is 0 Å². The lowest BCUT2D eigenvalue weighted by Gasteiger charge is -2.29. The highest BCUT2D eigenvalue weighted by Crippen LogP contribution is 2.30. The summed E-state index contributed by atoms with van der Waals surface area (Å²) in [6.45, 7) is 0.303. The summed E-state index contributed by atoms with van der Waals surface area (Å²) in [5.41, 5.74) is 1.36. The van der Waals surface area contributed by atoms with Gasteiger partial charge in [0.1, 0.15) is 5.82 Å².